The van der Waals surface area contributed by atoms with Crippen LogP contribution in [-0.4, -0.2) is 31.6 Å². The summed E-state index contributed by atoms with van der Waals surface area (Å²) in [6, 6.07) is 31.4. The lowest BCUT2D eigenvalue weighted by Gasteiger charge is -2.37. The topological polar surface area (TPSA) is 29.5 Å². The average Bonchev–Trinajstić information content (AvgIpc) is 3.28. The van der Waals surface area contributed by atoms with Crippen LogP contribution < -0.4 is 10.9 Å². The van der Waals surface area contributed by atoms with E-state index in [1.165, 1.54) is 50.0 Å². The van der Waals surface area contributed by atoms with E-state index in [-0.39, 0.29) is 5.41 Å². The van der Waals surface area contributed by atoms with Gasteiger partial charge in [-0.05, 0) is 72.2 Å². The fourth-order valence-electron chi connectivity index (χ4n) is 5.84. The number of aliphatic hydroxyl groups is 1. The van der Waals surface area contributed by atoms with Crippen molar-refractivity contribution in [1.29, 1.82) is 0 Å². The molecule has 0 heterocycles. The van der Waals surface area contributed by atoms with Gasteiger partial charge in [-0.1, -0.05) is 95.9 Å². The predicted octanol–water partition coefficient (Wildman–Crippen LogP) is 3.83. The minimum absolute atomic E-state index is 0.308. The molecule has 0 saturated heterocycles. The van der Waals surface area contributed by atoms with Crippen LogP contribution >= 0.6 is 0 Å². The van der Waals surface area contributed by atoms with Crippen molar-refractivity contribution in [2.24, 2.45) is 0 Å². The van der Waals surface area contributed by atoms with Crippen molar-refractivity contribution in [1.82, 2.24) is 0 Å². The average molecular weight is 456 g/mol. The lowest BCUT2D eigenvalue weighted by Crippen LogP contribution is -2.49. The molecule has 1 spiro atoms. The summed E-state index contributed by atoms with van der Waals surface area (Å²) in [5, 5.41) is 10.5. The molecule has 4 heteroatoms. The van der Waals surface area contributed by atoms with Gasteiger partial charge in [-0.25, -0.2) is 0 Å². The Morgan fingerprint density at radius 2 is 1.20 bits per heavy atom. The number of benzene rings is 4. The second kappa shape index (κ2) is 7.46. The zero-order chi connectivity index (χ0) is 24.6. The van der Waals surface area contributed by atoms with E-state index in [1.54, 1.807) is 13.8 Å². The summed E-state index contributed by atoms with van der Waals surface area (Å²) < 4.78 is 6.23. The molecule has 0 unspecified atom stereocenters. The molecular weight excluding hydrogens is 426 g/mol. The highest BCUT2D eigenvalue weighted by Gasteiger charge is 2.51. The highest BCUT2D eigenvalue weighted by atomic mass is 16.5. The van der Waals surface area contributed by atoms with Gasteiger partial charge in [0.25, 0.3) is 0 Å². The van der Waals surface area contributed by atoms with E-state index in [1.807, 2.05) is 13.8 Å². The van der Waals surface area contributed by atoms with Gasteiger partial charge in [0.05, 0.1) is 16.6 Å². The van der Waals surface area contributed by atoms with Crippen molar-refractivity contribution in [2.45, 2.75) is 44.3 Å². The molecule has 172 valence electrons. The number of hydrogen-bond acceptors (Lipinski definition) is 2. The van der Waals surface area contributed by atoms with Gasteiger partial charge in [0, 0.05) is 0 Å². The minimum Gasteiger partial charge on any atom is -0.427 e. The molecule has 2 nitrogen and oxygen atoms in total. The predicted molar refractivity (Wildman–Crippen MR) is 149 cm³/mol. The number of hydrogen-bond donors (Lipinski definition) is 1. The summed E-state index contributed by atoms with van der Waals surface area (Å²) in [5.41, 5.74) is 11.1. The first-order chi connectivity index (χ1) is 16.6. The molecule has 0 atom stereocenters. The quantitative estimate of drug-likeness (QED) is 0.409. The maximum absolute atomic E-state index is 10.5. The molecule has 4 aromatic carbocycles. The Labute approximate surface area is 209 Å². The van der Waals surface area contributed by atoms with E-state index >= 15 is 0 Å². The monoisotopic (exact) mass is 456 g/mol. The largest absolute Gasteiger partial charge is 0.427 e. The SMILES string of the molecule is Bc1ccc2c(c1)-c1cc(BOC(C)(C)C(C)(C)O)ccc1C21c2ccccc2-c2ccccc21. The minimum atomic E-state index is -0.936. The van der Waals surface area contributed by atoms with Gasteiger partial charge in [0.2, 0.25) is 0 Å². The lowest BCUT2D eigenvalue weighted by atomic mass is 9.70. The van der Waals surface area contributed by atoms with E-state index in [0.29, 0.717) is 7.48 Å². The summed E-state index contributed by atoms with van der Waals surface area (Å²) in [6.45, 7) is 7.49. The van der Waals surface area contributed by atoms with Gasteiger partial charge < -0.3 is 9.76 Å². The van der Waals surface area contributed by atoms with E-state index in [4.69, 9.17) is 4.65 Å². The van der Waals surface area contributed by atoms with Crippen LogP contribution in [0.2, 0.25) is 0 Å². The van der Waals surface area contributed by atoms with Crippen molar-refractivity contribution in [3.05, 3.63) is 107 Å². The third kappa shape index (κ3) is 3.06. The van der Waals surface area contributed by atoms with E-state index in [0.717, 1.165) is 5.46 Å². The molecule has 0 saturated carbocycles. The van der Waals surface area contributed by atoms with E-state index in [9.17, 15) is 5.11 Å². The van der Waals surface area contributed by atoms with Crippen LogP contribution in [0.15, 0.2) is 84.9 Å². The van der Waals surface area contributed by atoms with Crippen LogP contribution in [0, 0.1) is 0 Å². The summed E-state index contributed by atoms with van der Waals surface area (Å²) in [6.07, 6.45) is 0. The molecule has 4 aromatic rings. The maximum atomic E-state index is 10.5. The normalized spacial score (nSPS) is 14.9. The Balaban J connectivity index is 1.57. The Hall–Kier alpha value is -3.07. The molecule has 0 amide bonds. The summed E-state index contributed by atoms with van der Waals surface area (Å²) in [5.74, 6) is 0. The van der Waals surface area contributed by atoms with Gasteiger partial charge in [-0.3, -0.25) is 0 Å². The molecule has 1 N–H and O–H groups in total. The molecule has 0 aromatic heterocycles. The highest BCUT2D eigenvalue weighted by molar-refractivity contribution is 6.47. The number of rotatable bonds is 4. The summed E-state index contributed by atoms with van der Waals surface area (Å²) in [4.78, 5) is 0. The van der Waals surface area contributed by atoms with Gasteiger partial charge in [-0.2, -0.15) is 0 Å². The third-order valence-electron chi connectivity index (χ3n) is 8.38. The fourth-order valence-corrected chi connectivity index (χ4v) is 5.84. The van der Waals surface area contributed by atoms with E-state index < -0.39 is 11.2 Å². The Morgan fingerprint density at radius 3 is 1.80 bits per heavy atom. The van der Waals surface area contributed by atoms with Crippen LogP contribution in [0.1, 0.15) is 49.9 Å². The Bertz CT molecular complexity index is 1430. The first kappa shape index (κ1) is 22.4. The molecule has 2 aliphatic carbocycles. The first-order valence-corrected chi connectivity index (χ1v) is 12.5. The van der Waals surface area contributed by atoms with Gasteiger partial charge >= 0.3 is 7.48 Å². The number of fused-ring (bicyclic) bond motifs is 10. The fraction of sp³-hybridized carbons (Fsp3) is 0.226. The second-order valence-corrected chi connectivity index (χ2v) is 11.1. The molecule has 0 aliphatic heterocycles. The molecule has 0 bridgehead atoms. The van der Waals surface area contributed by atoms with Crippen molar-refractivity contribution < 1.29 is 9.76 Å². The van der Waals surface area contributed by atoms with Gasteiger partial charge in [0.15, 0.2) is 0 Å². The standard InChI is InChI=1S/C31H30B2O2/c1-29(2,34)30(3,4)35-33-20-14-16-28-24(18-20)23-17-19(32)13-15-27(23)31(28)25-11-7-5-9-21(25)22-10-6-8-12-26(22)31/h5-18,33-34H,32H2,1-4H3. The van der Waals surface area contributed by atoms with Crippen molar-refractivity contribution >= 4 is 26.3 Å². The van der Waals surface area contributed by atoms with Gasteiger partial charge in [0.1, 0.15) is 7.85 Å². The zero-order valence-corrected chi connectivity index (χ0v) is 21.1. The smallest absolute Gasteiger partial charge is 0.309 e. The Kier molecular flexibility index (Phi) is 4.78. The molecule has 0 fully saturated rings. The molecule has 35 heavy (non-hydrogen) atoms. The highest BCUT2D eigenvalue weighted by Crippen LogP contribution is 2.62. The molecule has 6 rings (SSSR count). The van der Waals surface area contributed by atoms with Crippen LogP contribution in [0.3, 0.4) is 0 Å². The van der Waals surface area contributed by atoms with Crippen molar-refractivity contribution in [3.8, 4) is 22.3 Å². The van der Waals surface area contributed by atoms with Crippen LogP contribution in [-0.2, 0) is 10.1 Å². The summed E-state index contributed by atoms with van der Waals surface area (Å²) >= 11 is 0. The molecule has 2 aliphatic rings. The zero-order valence-electron chi connectivity index (χ0n) is 21.1. The molecular formula is C31H30B2O2. The third-order valence-corrected chi connectivity index (χ3v) is 8.38. The van der Waals surface area contributed by atoms with Crippen LogP contribution in [0.25, 0.3) is 22.3 Å². The Morgan fingerprint density at radius 1 is 0.686 bits per heavy atom. The van der Waals surface area contributed by atoms with Crippen LogP contribution in [0.4, 0.5) is 0 Å². The van der Waals surface area contributed by atoms with Crippen molar-refractivity contribution in [3.63, 3.8) is 0 Å². The first-order valence-electron chi connectivity index (χ1n) is 12.5. The van der Waals surface area contributed by atoms with Crippen molar-refractivity contribution in [2.75, 3.05) is 0 Å². The van der Waals surface area contributed by atoms with Crippen LogP contribution in [0.5, 0.6) is 0 Å². The lowest BCUT2D eigenvalue weighted by molar-refractivity contribution is -0.0893. The maximum Gasteiger partial charge on any atom is 0.309 e. The van der Waals surface area contributed by atoms with E-state index in [2.05, 4.69) is 92.8 Å². The second-order valence-electron chi connectivity index (χ2n) is 11.1. The van der Waals surface area contributed by atoms with Gasteiger partial charge in [-0.15, -0.1) is 0 Å². The molecule has 0 radical (unpaired) electrons. The summed E-state index contributed by atoms with van der Waals surface area (Å²) in [7, 11) is 2.62.